The van der Waals surface area contributed by atoms with Gasteiger partial charge in [0.25, 0.3) is 0 Å². The summed E-state index contributed by atoms with van der Waals surface area (Å²) < 4.78 is 0. The van der Waals surface area contributed by atoms with E-state index in [-0.39, 0.29) is 0 Å². The molecule has 0 nitrogen and oxygen atoms in total. The second-order valence-corrected chi connectivity index (χ2v) is 24.3. The van der Waals surface area contributed by atoms with Crippen LogP contribution < -0.4 is 0 Å². The Morgan fingerprint density at radius 2 is 0.922 bits per heavy atom. The van der Waals surface area contributed by atoms with Crippen molar-refractivity contribution in [1.82, 2.24) is 0 Å². The predicted molar refractivity (Wildman–Crippen MR) is 219 cm³/mol. The maximum Gasteiger partial charge on any atom is -0.0230 e. The fraction of sp³-hybridized carbons (Fsp3) is 1.00. The lowest BCUT2D eigenvalue weighted by molar-refractivity contribution is -0.0941. The van der Waals surface area contributed by atoms with Gasteiger partial charge in [-0.2, -0.15) is 0 Å². The van der Waals surface area contributed by atoms with Crippen LogP contribution in [0.1, 0.15) is 205 Å². The summed E-state index contributed by atoms with van der Waals surface area (Å²) in [5, 5.41) is 0. The largest absolute Gasteiger partial charge is 0.0649 e. The van der Waals surface area contributed by atoms with E-state index in [0.29, 0.717) is 27.1 Å². The highest BCUT2D eigenvalue weighted by Crippen LogP contribution is 2.79. The molecule has 8 saturated carbocycles. The first-order chi connectivity index (χ1) is 24.2. The first-order valence-corrected chi connectivity index (χ1v) is 24.2. The molecule has 0 aromatic rings. The van der Waals surface area contributed by atoms with Gasteiger partial charge in [-0.3, -0.25) is 0 Å². The van der Waals surface area contributed by atoms with Gasteiger partial charge in [0.15, 0.2) is 0 Å². The Kier molecular flexibility index (Phi) is 9.89. The fourth-order valence-electron chi connectivity index (χ4n) is 18.7. The lowest BCUT2D eigenvalue weighted by Crippen LogP contribution is -2.50. The van der Waals surface area contributed by atoms with Crippen molar-refractivity contribution < 1.29 is 0 Å². The summed E-state index contributed by atoms with van der Waals surface area (Å²) in [6.45, 7) is 29.3. The molecule has 0 amide bonds. The zero-order chi connectivity index (χ0) is 36.3. The maximum absolute atomic E-state index is 2.84. The molecule has 0 aromatic heterocycles. The highest BCUT2D eigenvalue weighted by Gasteiger charge is 2.73. The molecule has 0 radical (unpaired) electrons. The molecule has 15 unspecified atom stereocenters. The SMILES string of the molecule is CCC(C)(CC)C1CC(C(C)(CC)CC)CC2(C1)C1CCC3CC(C(C)(C)C)CCC3C1C1C3C4C5CCCCC5CCC4C(C)(C)C3CCC12. The van der Waals surface area contributed by atoms with E-state index >= 15 is 0 Å². The summed E-state index contributed by atoms with van der Waals surface area (Å²) in [5.41, 5.74) is 2.70. The van der Waals surface area contributed by atoms with Crippen LogP contribution in [0.4, 0.5) is 0 Å². The first kappa shape index (κ1) is 37.9. The van der Waals surface area contributed by atoms with Crippen LogP contribution in [-0.4, -0.2) is 0 Å². The van der Waals surface area contributed by atoms with E-state index < -0.39 is 0 Å². The molecule has 0 heterocycles. The molecule has 0 N–H and O–H groups in total. The molecule has 8 aliphatic carbocycles. The summed E-state index contributed by atoms with van der Waals surface area (Å²) in [6, 6.07) is 0. The Labute approximate surface area is 319 Å². The van der Waals surface area contributed by atoms with E-state index in [1.54, 1.807) is 96.3 Å². The van der Waals surface area contributed by atoms with Crippen LogP contribution in [0.25, 0.3) is 0 Å². The quantitative estimate of drug-likeness (QED) is 0.259. The molecule has 51 heavy (non-hydrogen) atoms. The molecular weight excluding hydrogens is 613 g/mol. The number of rotatable bonds is 6. The van der Waals surface area contributed by atoms with E-state index in [0.717, 1.165) is 88.8 Å². The Morgan fingerprint density at radius 1 is 0.451 bits per heavy atom. The van der Waals surface area contributed by atoms with Crippen LogP contribution in [0.3, 0.4) is 0 Å². The van der Waals surface area contributed by atoms with Crippen LogP contribution in [0, 0.1) is 116 Å². The van der Waals surface area contributed by atoms with Gasteiger partial charge in [0.2, 0.25) is 0 Å². The summed E-state index contributed by atoms with van der Waals surface area (Å²) in [4.78, 5) is 0. The van der Waals surface area contributed by atoms with Crippen molar-refractivity contribution in [2.45, 2.75) is 205 Å². The Hall–Kier alpha value is 0. The molecule has 0 aliphatic heterocycles. The minimum atomic E-state index is 0.483. The van der Waals surface area contributed by atoms with Gasteiger partial charge in [0, 0.05) is 0 Å². The zero-order valence-corrected chi connectivity index (χ0v) is 36.3. The maximum atomic E-state index is 2.84. The summed E-state index contributed by atoms with van der Waals surface area (Å²) in [7, 11) is 0. The van der Waals surface area contributed by atoms with E-state index in [2.05, 4.69) is 76.2 Å². The lowest BCUT2D eigenvalue weighted by atomic mass is 9.46. The van der Waals surface area contributed by atoms with Crippen LogP contribution in [0.15, 0.2) is 0 Å². The Bertz CT molecular complexity index is 1190. The summed E-state index contributed by atoms with van der Waals surface area (Å²) in [5.74, 6) is 15.4. The fourth-order valence-corrected chi connectivity index (χ4v) is 18.7. The third kappa shape index (κ3) is 5.63. The van der Waals surface area contributed by atoms with Gasteiger partial charge >= 0.3 is 0 Å². The van der Waals surface area contributed by atoms with E-state index in [1.807, 2.05) is 0 Å². The van der Waals surface area contributed by atoms with Crippen molar-refractivity contribution in [3.63, 3.8) is 0 Å². The van der Waals surface area contributed by atoms with E-state index in [9.17, 15) is 0 Å². The standard InChI is InChI=1S/C51H88/c1-12-49(10,13-2)35-29-36(50(11,14-3)15-4)31-51(30-35)41-25-21-33-28-34(47(5,6)7)22-23-38(33)44(41)46-42(51)27-26-40-45(46)43-37-19-17-16-18-32(37)20-24-39(43)48(40,8)9/h32-46H,12-31H2,1-11H3. The van der Waals surface area contributed by atoms with Crippen molar-refractivity contribution in [3.8, 4) is 0 Å². The molecule has 0 aromatic carbocycles. The van der Waals surface area contributed by atoms with Crippen molar-refractivity contribution in [2.75, 3.05) is 0 Å². The number of hydrogen-bond donors (Lipinski definition) is 0. The van der Waals surface area contributed by atoms with Gasteiger partial charge in [0.1, 0.15) is 0 Å². The zero-order valence-electron chi connectivity index (χ0n) is 36.3. The summed E-state index contributed by atoms with van der Waals surface area (Å²) >= 11 is 0. The molecule has 8 aliphatic rings. The minimum Gasteiger partial charge on any atom is -0.0649 e. The average molecular weight is 701 g/mol. The first-order valence-electron chi connectivity index (χ1n) is 24.2. The van der Waals surface area contributed by atoms with Crippen LogP contribution in [0.2, 0.25) is 0 Å². The third-order valence-corrected chi connectivity index (χ3v) is 22.3. The Balaban J connectivity index is 1.27. The lowest BCUT2D eigenvalue weighted by Gasteiger charge is -2.59. The predicted octanol–water partition coefficient (Wildman–Crippen LogP) is 15.3. The van der Waals surface area contributed by atoms with Crippen LogP contribution in [0.5, 0.6) is 0 Å². The normalized spacial score (nSPS) is 49.4. The molecule has 15 atom stereocenters. The molecular formula is C51H88. The minimum absolute atomic E-state index is 0.483. The topological polar surface area (TPSA) is 0 Å². The number of fused-ring (bicyclic) bond motifs is 13. The van der Waals surface area contributed by atoms with Gasteiger partial charge in [-0.05, 0) is 199 Å². The molecule has 8 fully saturated rings. The monoisotopic (exact) mass is 701 g/mol. The van der Waals surface area contributed by atoms with Gasteiger partial charge in [-0.25, -0.2) is 0 Å². The van der Waals surface area contributed by atoms with Crippen molar-refractivity contribution in [2.24, 2.45) is 116 Å². The second kappa shape index (κ2) is 13.3. The second-order valence-electron chi connectivity index (χ2n) is 24.3. The smallest absolute Gasteiger partial charge is 0.0230 e. The van der Waals surface area contributed by atoms with Crippen molar-refractivity contribution >= 4 is 0 Å². The Morgan fingerprint density at radius 3 is 1.55 bits per heavy atom. The summed E-state index contributed by atoms with van der Waals surface area (Å²) in [6.07, 6.45) is 30.9. The molecule has 292 valence electrons. The van der Waals surface area contributed by atoms with Crippen LogP contribution >= 0.6 is 0 Å². The third-order valence-electron chi connectivity index (χ3n) is 22.3. The van der Waals surface area contributed by atoms with Crippen molar-refractivity contribution in [1.29, 1.82) is 0 Å². The molecule has 0 bridgehead atoms. The van der Waals surface area contributed by atoms with E-state index in [1.165, 1.54) is 32.1 Å². The molecule has 1 spiro atoms. The van der Waals surface area contributed by atoms with Gasteiger partial charge in [0.05, 0.1) is 0 Å². The number of hydrogen-bond acceptors (Lipinski definition) is 0. The van der Waals surface area contributed by atoms with Crippen LogP contribution in [-0.2, 0) is 0 Å². The molecule has 0 saturated heterocycles. The van der Waals surface area contributed by atoms with Gasteiger partial charge in [-0.15, -0.1) is 0 Å². The van der Waals surface area contributed by atoms with Crippen molar-refractivity contribution in [3.05, 3.63) is 0 Å². The highest BCUT2D eigenvalue weighted by atomic mass is 14.8. The average Bonchev–Trinajstić information content (AvgIpc) is 3.54. The van der Waals surface area contributed by atoms with Gasteiger partial charge < -0.3 is 0 Å². The highest BCUT2D eigenvalue weighted by molar-refractivity contribution is 5.21. The molecule has 0 heteroatoms. The van der Waals surface area contributed by atoms with E-state index in [4.69, 9.17) is 0 Å². The molecule has 8 rings (SSSR count). The van der Waals surface area contributed by atoms with Gasteiger partial charge in [-0.1, -0.05) is 121 Å².